The average Bonchev–Trinajstić information content (AvgIpc) is 1.93. The van der Waals surface area contributed by atoms with E-state index in [1.54, 1.807) is 4.98 Å². The molecule has 1 rings (SSSR count). The van der Waals surface area contributed by atoms with Crippen molar-refractivity contribution in [2.24, 2.45) is 0 Å². The first-order valence-electron chi connectivity index (χ1n) is 3.25. The van der Waals surface area contributed by atoms with Crippen LogP contribution in [0.4, 0.5) is 13.2 Å². The van der Waals surface area contributed by atoms with E-state index in [0.29, 0.717) is 4.57 Å². The zero-order chi connectivity index (χ0) is 10.1. The maximum atomic E-state index is 11.8. The molecule has 0 bridgehead atoms. The zero-order valence-corrected chi connectivity index (χ0v) is 6.26. The SMILES string of the molecule is O=c1ccn(CC(F)(F)F)c(=O)[nH]1. The number of halogens is 3. The van der Waals surface area contributed by atoms with Crippen LogP contribution in [-0.2, 0) is 6.54 Å². The number of alkyl halides is 3. The number of rotatable bonds is 1. The highest BCUT2D eigenvalue weighted by Crippen LogP contribution is 2.15. The van der Waals surface area contributed by atoms with Crippen molar-refractivity contribution >= 4 is 0 Å². The highest BCUT2D eigenvalue weighted by atomic mass is 19.4. The van der Waals surface area contributed by atoms with Gasteiger partial charge in [0, 0.05) is 12.3 Å². The highest BCUT2D eigenvalue weighted by molar-refractivity contribution is 4.82. The molecule has 1 heterocycles. The molecule has 0 radical (unpaired) electrons. The van der Waals surface area contributed by atoms with Gasteiger partial charge < -0.3 is 0 Å². The first-order valence-corrected chi connectivity index (χ1v) is 3.25. The Labute approximate surface area is 69.6 Å². The van der Waals surface area contributed by atoms with E-state index in [-0.39, 0.29) is 0 Å². The molecule has 1 aromatic rings. The smallest absolute Gasteiger partial charge is 0.291 e. The monoisotopic (exact) mass is 194 g/mol. The number of nitrogens with zero attached hydrogens (tertiary/aromatic N) is 1. The number of hydrogen-bond acceptors (Lipinski definition) is 2. The predicted octanol–water partition coefficient (Wildman–Crippen LogP) is 0.0989. The quantitative estimate of drug-likeness (QED) is 0.689. The minimum Gasteiger partial charge on any atom is -0.291 e. The highest BCUT2D eigenvalue weighted by Gasteiger charge is 2.28. The summed E-state index contributed by atoms with van der Waals surface area (Å²) < 4.78 is 35.7. The van der Waals surface area contributed by atoms with Crippen LogP contribution in [0.1, 0.15) is 0 Å². The molecule has 0 aliphatic rings. The molecular formula is C6H5F3N2O2. The van der Waals surface area contributed by atoms with Gasteiger partial charge in [0.25, 0.3) is 5.56 Å². The van der Waals surface area contributed by atoms with Gasteiger partial charge in [-0.3, -0.25) is 14.3 Å². The molecular weight excluding hydrogens is 189 g/mol. The summed E-state index contributed by atoms with van der Waals surface area (Å²) in [6, 6.07) is 0.854. The lowest BCUT2D eigenvalue weighted by Gasteiger charge is -2.07. The van der Waals surface area contributed by atoms with Gasteiger partial charge in [-0.1, -0.05) is 0 Å². The van der Waals surface area contributed by atoms with Gasteiger partial charge in [0.05, 0.1) is 0 Å². The van der Waals surface area contributed by atoms with Crippen LogP contribution >= 0.6 is 0 Å². The van der Waals surface area contributed by atoms with Crippen LogP contribution in [-0.4, -0.2) is 15.7 Å². The van der Waals surface area contributed by atoms with Crippen LogP contribution < -0.4 is 11.2 Å². The molecule has 0 unspecified atom stereocenters. The summed E-state index contributed by atoms with van der Waals surface area (Å²) in [4.78, 5) is 22.9. The Hall–Kier alpha value is -1.53. The lowest BCUT2D eigenvalue weighted by atomic mass is 10.5. The molecule has 0 saturated heterocycles. The number of aromatic amines is 1. The third-order valence-electron chi connectivity index (χ3n) is 1.25. The van der Waals surface area contributed by atoms with E-state index in [9.17, 15) is 22.8 Å². The van der Waals surface area contributed by atoms with Crippen molar-refractivity contribution in [3.05, 3.63) is 33.1 Å². The van der Waals surface area contributed by atoms with Gasteiger partial charge in [0.1, 0.15) is 6.54 Å². The third-order valence-corrected chi connectivity index (χ3v) is 1.25. The molecule has 0 aliphatic heterocycles. The molecule has 4 nitrogen and oxygen atoms in total. The second-order valence-electron chi connectivity index (χ2n) is 2.35. The van der Waals surface area contributed by atoms with E-state index < -0.39 is 24.0 Å². The Bertz CT molecular complexity index is 403. The lowest BCUT2D eigenvalue weighted by molar-refractivity contribution is -0.141. The zero-order valence-electron chi connectivity index (χ0n) is 6.26. The normalized spacial score (nSPS) is 11.6. The van der Waals surface area contributed by atoms with E-state index in [0.717, 1.165) is 12.3 Å². The van der Waals surface area contributed by atoms with E-state index in [2.05, 4.69) is 0 Å². The second-order valence-corrected chi connectivity index (χ2v) is 2.35. The largest absolute Gasteiger partial charge is 0.406 e. The fraction of sp³-hybridized carbons (Fsp3) is 0.333. The van der Waals surface area contributed by atoms with Crippen molar-refractivity contribution in [2.45, 2.75) is 12.7 Å². The molecule has 0 aromatic carbocycles. The average molecular weight is 194 g/mol. The van der Waals surface area contributed by atoms with Crippen LogP contribution in [0.25, 0.3) is 0 Å². The van der Waals surface area contributed by atoms with Crippen LogP contribution in [0.15, 0.2) is 21.9 Å². The summed E-state index contributed by atoms with van der Waals surface area (Å²) in [5, 5.41) is 0. The van der Waals surface area contributed by atoms with Gasteiger partial charge in [-0.2, -0.15) is 13.2 Å². The Balaban J connectivity index is 3.04. The molecule has 0 atom stereocenters. The Morgan fingerprint density at radius 3 is 2.46 bits per heavy atom. The van der Waals surface area contributed by atoms with E-state index in [1.807, 2.05) is 0 Å². The summed E-state index contributed by atoms with van der Waals surface area (Å²) >= 11 is 0. The van der Waals surface area contributed by atoms with Gasteiger partial charge >= 0.3 is 11.9 Å². The van der Waals surface area contributed by atoms with Crippen LogP contribution in [0.2, 0.25) is 0 Å². The number of nitrogens with one attached hydrogen (secondary N) is 1. The Morgan fingerprint density at radius 2 is 2.00 bits per heavy atom. The van der Waals surface area contributed by atoms with E-state index in [4.69, 9.17) is 0 Å². The molecule has 13 heavy (non-hydrogen) atoms. The fourth-order valence-electron chi connectivity index (χ4n) is 0.762. The second kappa shape index (κ2) is 3.08. The first-order chi connectivity index (χ1) is 5.88. The predicted molar refractivity (Wildman–Crippen MR) is 37.4 cm³/mol. The molecule has 1 aromatic heterocycles. The maximum absolute atomic E-state index is 11.8. The molecule has 72 valence electrons. The van der Waals surface area contributed by atoms with Gasteiger partial charge in [0.2, 0.25) is 0 Å². The maximum Gasteiger partial charge on any atom is 0.406 e. The third kappa shape index (κ3) is 2.77. The molecule has 0 spiro atoms. The molecule has 0 aliphatic carbocycles. The van der Waals surface area contributed by atoms with Crippen molar-refractivity contribution < 1.29 is 13.2 Å². The molecule has 0 saturated carbocycles. The summed E-state index contributed by atoms with van der Waals surface area (Å²) in [5.41, 5.74) is -1.78. The summed E-state index contributed by atoms with van der Waals surface area (Å²) in [6.07, 6.45) is -3.67. The van der Waals surface area contributed by atoms with Crippen molar-refractivity contribution in [3.8, 4) is 0 Å². The van der Waals surface area contributed by atoms with E-state index >= 15 is 0 Å². The van der Waals surface area contributed by atoms with Gasteiger partial charge in [0.15, 0.2) is 0 Å². The summed E-state index contributed by atoms with van der Waals surface area (Å²) in [5.74, 6) is 0. The minimum absolute atomic E-state index is 0.376. The molecule has 1 N–H and O–H groups in total. The van der Waals surface area contributed by atoms with Gasteiger partial charge in [-0.05, 0) is 0 Å². The number of hydrogen-bond donors (Lipinski definition) is 1. The van der Waals surface area contributed by atoms with Gasteiger partial charge in [-0.25, -0.2) is 4.79 Å². The van der Waals surface area contributed by atoms with Crippen molar-refractivity contribution in [1.29, 1.82) is 0 Å². The minimum atomic E-state index is -4.47. The first kappa shape index (κ1) is 9.56. The van der Waals surface area contributed by atoms with Gasteiger partial charge in [-0.15, -0.1) is 0 Å². The summed E-state index contributed by atoms with van der Waals surface area (Å²) in [6.45, 7) is -1.40. The molecule has 7 heteroatoms. The Kier molecular flexibility index (Phi) is 2.26. The van der Waals surface area contributed by atoms with Crippen molar-refractivity contribution in [3.63, 3.8) is 0 Å². The lowest BCUT2D eigenvalue weighted by Crippen LogP contribution is -2.33. The van der Waals surface area contributed by atoms with Crippen LogP contribution in [0, 0.1) is 0 Å². The standard InChI is InChI=1S/C6H5F3N2O2/c7-6(8,9)3-11-2-1-4(12)10-5(11)13/h1-2H,3H2,(H,10,12,13). The van der Waals surface area contributed by atoms with Crippen LogP contribution in [0.5, 0.6) is 0 Å². The van der Waals surface area contributed by atoms with Crippen molar-refractivity contribution in [1.82, 2.24) is 9.55 Å². The molecule has 0 fully saturated rings. The Morgan fingerprint density at radius 1 is 1.38 bits per heavy atom. The number of H-pyrrole nitrogens is 1. The number of aromatic nitrogens is 2. The molecule has 0 amide bonds. The van der Waals surface area contributed by atoms with Crippen LogP contribution in [0.3, 0.4) is 0 Å². The van der Waals surface area contributed by atoms with Crippen molar-refractivity contribution in [2.75, 3.05) is 0 Å². The summed E-state index contributed by atoms with van der Waals surface area (Å²) in [7, 11) is 0. The fourth-order valence-corrected chi connectivity index (χ4v) is 0.762. The topological polar surface area (TPSA) is 54.9 Å². The van der Waals surface area contributed by atoms with E-state index in [1.165, 1.54) is 0 Å².